The third-order valence-corrected chi connectivity index (χ3v) is 7.89. The molecule has 1 saturated heterocycles. The molecule has 1 fully saturated rings. The first-order valence-corrected chi connectivity index (χ1v) is 13.2. The Labute approximate surface area is 210 Å². The van der Waals surface area contributed by atoms with Gasteiger partial charge in [-0.15, -0.1) is 0 Å². The molecule has 0 aromatic heterocycles. The minimum absolute atomic E-state index is 0.215. The van der Waals surface area contributed by atoms with Gasteiger partial charge in [0.25, 0.3) is 0 Å². The third-order valence-electron chi connectivity index (χ3n) is 5.53. The van der Waals surface area contributed by atoms with E-state index in [0.29, 0.717) is 47.8 Å². The van der Waals surface area contributed by atoms with E-state index >= 15 is 0 Å². The van der Waals surface area contributed by atoms with Gasteiger partial charge in [-0.3, -0.25) is 4.90 Å². The zero-order valence-electron chi connectivity index (χ0n) is 18.6. The van der Waals surface area contributed by atoms with Crippen molar-refractivity contribution in [3.63, 3.8) is 0 Å². The lowest BCUT2D eigenvalue weighted by Crippen LogP contribution is -2.42. The first-order chi connectivity index (χ1) is 16.4. The lowest BCUT2D eigenvalue weighted by Gasteiger charge is -2.30. The molecule has 9 heteroatoms. The van der Waals surface area contributed by atoms with E-state index in [9.17, 15) is 8.42 Å². The van der Waals surface area contributed by atoms with E-state index in [4.69, 9.17) is 32.7 Å². The summed E-state index contributed by atoms with van der Waals surface area (Å²) in [4.78, 5) is 2.43. The van der Waals surface area contributed by atoms with Gasteiger partial charge in [-0.05, 0) is 66.2 Å². The van der Waals surface area contributed by atoms with Crippen LogP contribution in [0.4, 0.5) is 0 Å². The van der Waals surface area contributed by atoms with Crippen LogP contribution in [0.1, 0.15) is 5.56 Å². The van der Waals surface area contributed by atoms with E-state index < -0.39 is 10.0 Å². The molecule has 0 radical (unpaired) electrons. The molecule has 0 spiro atoms. The summed E-state index contributed by atoms with van der Waals surface area (Å²) in [7, 11) is -3.73. The van der Waals surface area contributed by atoms with Gasteiger partial charge >= 0.3 is 0 Å². The average Bonchev–Trinajstić information content (AvgIpc) is 2.84. The van der Waals surface area contributed by atoms with E-state index in [1.165, 1.54) is 4.31 Å². The molecule has 0 amide bonds. The normalized spacial score (nSPS) is 14.9. The fraction of sp³-hybridized carbons (Fsp3) is 0.280. The minimum atomic E-state index is -3.73. The smallest absolute Gasteiger partial charge is 0.243 e. The molecule has 1 heterocycles. The quantitative estimate of drug-likeness (QED) is 0.382. The zero-order chi connectivity index (χ0) is 24.0. The lowest BCUT2D eigenvalue weighted by atomic mass is 10.2. The van der Waals surface area contributed by atoms with Gasteiger partial charge in [-0.2, -0.15) is 4.31 Å². The van der Waals surface area contributed by atoms with E-state index in [2.05, 4.69) is 4.90 Å². The molecule has 6 nitrogen and oxygen atoms in total. The summed E-state index contributed by atoms with van der Waals surface area (Å²) < 4.78 is 39.9. The average molecular weight is 521 g/mol. The van der Waals surface area contributed by atoms with Crippen LogP contribution < -0.4 is 4.74 Å². The maximum atomic E-state index is 13.5. The highest BCUT2D eigenvalue weighted by molar-refractivity contribution is 7.89. The van der Waals surface area contributed by atoms with Crippen molar-refractivity contribution in [3.05, 3.63) is 88.4 Å². The Bertz CT molecular complexity index is 1180. The van der Waals surface area contributed by atoms with Crippen LogP contribution in [0.2, 0.25) is 10.0 Å². The highest BCUT2D eigenvalue weighted by Crippen LogP contribution is 2.26. The van der Waals surface area contributed by atoms with Gasteiger partial charge in [-0.25, -0.2) is 8.42 Å². The molecule has 180 valence electrons. The van der Waals surface area contributed by atoms with Crippen molar-refractivity contribution in [2.24, 2.45) is 0 Å². The zero-order valence-corrected chi connectivity index (χ0v) is 20.9. The van der Waals surface area contributed by atoms with Crippen molar-refractivity contribution in [1.82, 2.24) is 9.21 Å². The van der Waals surface area contributed by atoms with Crippen molar-refractivity contribution in [3.8, 4) is 11.5 Å². The molecule has 1 aliphatic rings. The Hall–Kier alpha value is -2.13. The van der Waals surface area contributed by atoms with E-state index in [1.807, 2.05) is 24.3 Å². The molecule has 34 heavy (non-hydrogen) atoms. The Morgan fingerprint density at radius 3 is 2.21 bits per heavy atom. The molecule has 3 aromatic carbocycles. The number of hydrogen-bond acceptors (Lipinski definition) is 5. The van der Waals surface area contributed by atoms with Crippen molar-refractivity contribution >= 4 is 33.2 Å². The predicted octanol–water partition coefficient (Wildman–Crippen LogP) is 5.31. The second-order valence-corrected chi connectivity index (χ2v) is 10.8. The fourth-order valence-electron chi connectivity index (χ4n) is 3.67. The molecule has 0 unspecified atom stereocenters. The van der Waals surface area contributed by atoms with E-state index in [1.54, 1.807) is 48.5 Å². The van der Waals surface area contributed by atoms with Crippen LogP contribution in [0.25, 0.3) is 0 Å². The number of benzene rings is 3. The number of halogens is 2. The van der Waals surface area contributed by atoms with Crippen molar-refractivity contribution < 1.29 is 17.9 Å². The topological polar surface area (TPSA) is 59.1 Å². The molecular weight excluding hydrogens is 495 g/mol. The fourth-order valence-corrected chi connectivity index (χ4v) is 5.34. The summed E-state index contributed by atoms with van der Waals surface area (Å²) in [6.45, 7) is 4.10. The van der Waals surface area contributed by atoms with Gasteiger partial charge < -0.3 is 9.47 Å². The van der Waals surface area contributed by atoms with Gasteiger partial charge in [0.05, 0.1) is 18.1 Å². The van der Waals surface area contributed by atoms with Crippen LogP contribution in [-0.2, 0) is 21.3 Å². The summed E-state index contributed by atoms with van der Waals surface area (Å²) in [5.41, 5.74) is 0.825. The highest BCUT2D eigenvalue weighted by atomic mass is 35.5. The molecule has 3 aromatic rings. The second-order valence-electron chi connectivity index (χ2n) is 7.95. The largest absolute Gasteiger partial charge is 0.457 e. The molecule has 0 aliphatic carbocycles. The van der Waals surface area contributed by atoms with Gasteiger partial charge in [0.15, 0.2) is 0 Å². The van der Waals surface area contributed by atoms with Gasteiger partial charge in [-0.1, -0.05) is 35.3 Å². The summed E-state index contributed by atoms with van der Waals surface area (Å²) in [5, 5.41) is 1.12. The number of hydrogen-bond donors (Lipinski definition) is 0. The summed E-state index contributed by atoms with van der Waals surface area (Å²) in [6, 6.07) is 20.8. The van der Waals surface area contributed by atoms with Crippen LogP contribution in [0.15, 0.2) is 77.7 Å². The van der Waals surface area contributed by atoms with Crippen molar-refractivity contribution in [2.45, 2.75) is 11.4 Å². The molecule has 4 rings (SSSR count). The summed E-state index contributed by atoms with van der Waals surface area (Å²) >= 11 is 11.9. The SMILES string of the molecule is O=S(=O)(c1ccc(Cl)cc1)N(CCN1CCOCC1)Cc1cccc(Oc2ccc(Cl)cc2)c1. The van der Waals surface area contributed by atoms with E-state index in [0.717, 1.165) is 18.7 Å². The highest BCUT2D eigenvalue weighted by Gasteiger charge is 2.26. The van der Waals surface area contributed by atoms with Gasteiger partial charge in [0, 0.05) is 42.8 Å². The monoisotopic (exact) mass is 520 g/mol. The maximum Gasteiger partial charge on any atom is 0.243 e. The molecule has 0 saturated carbocycles. The van der Waals surface area contributed by atoms with Crippen LogP contribution in [0, 0.1) is 0 Å². The molecule has 0 bridgehead atoms. The van der Waals surface area contributed by atoms with E-state index in [-0.39, 0.29) is 11.4 Å². The molecular formula is C25H26Cl2N2O4S. The first-order valence-electron chi connectivity index (χ1n) is 11.0. The number of nitrogens with zero attached hydrogens (tertiary/aromatic N) is 2. The molecule has 0 N–H and O–H groups in total. The predicted molar refractivity (Wildman–Crippen MR) is 134 cm³/mol. The number of morpholine rings is 1. The number of rotatable bonds is 9. The maximum absolute atomic E-state index is 13.5. The molecule has 0 atom stereocenters. The van der Waals surface area contributed by atoms with Gasteiger partial charge in [0.2, 0.25) is 10.0 Å². The summed E-state index contributed by atoms with van der Waals surface area (Å²) in [6.07, 6.45) is 0. The van der Waals surface area contributed by atoms with Crippen molar-refractivity contribution in [2.75, 3.05) is 39.4 Å². The summed E-state index contributed by atoms with van der Waals surface area (Å²) in [5.74, 6) is 1.27. The molecule has 1 aliphatic heterocycles. The van der Waals surface area contributed by atoms with Crippen molar-refractivity contribution in [1.29, 1.82) is 0 Å². The Morgan fingerprint density at radius 2 is 1.53 bits per heavy atom. The Morgan fingerprint density at radius 1 is 0.882 bits per heavy atom. The third kappa shape index (κ3) is 6.72. The van der Waals surface area contributed by atoms with Crippen LogP contribution in [0.3, 0.4) is 0 Å². The van der Waals surface area contributed by atoms with Crippen LogP contribution in [-0.4, -0.2) is 57.0 Å². The minimum Gasteiger partial charge on any atom is -0.457 e. The van der Waals surface area contributed by atoms with Crippen LogP contribution >= 0.6 is 23.2 Å². The number of ether oxygens (including phenoxy) is 2. The lowest BCUT2D eigenvalue weighted by molar-refractivity contribution is 0.0361. The van der Waals surface area contributed by atoms with Crippen LogP contribution in [0.5, 0.6) is 11.5 Å². The number of sulfonamides is 1. The second kappa shape index (κ2) is 11.5. The standard InChI is InChI=1S/C25H26Cl2N2O4S/c26-21-4-8-23(9-5-21)33-24-3-1-2-20(18-24)19-29(13-12-28-14-16-32-17-15-28)34(30,31)25-10-6-22(27)7-11-25/h1-11,18H,12-17,19H2. The van der Waals surface area contributed by atoms with Gasteiger partial charge in [0.1, 0.15) is 11.5 Å². The first kappa shape index (κ1) is 25.0. The Kier molecular flexibility index (Phi) is 8.47. The Balaban J connectivity index is 1.54.